The van der Waals surface area contributed by atoms with Crippen LogP contribution >= 0.6 is 22.9 Å². The third-order valence-electron chi connectivity index (χ3n) is 2.84. The van der Waals surface area contributed by atoms with Gasteiger partial charge < -0.3 is 4.74 Å². The lowest BCUT2D eigenvalue weighted by Crippen LogP contribution is -2.29. The van der Waals surface area contributed by atoms with Crippen LogP contribution < -0.4 is 4.72 Å². The summed E-state index contributed by atoms with van der Waals surface area (Å²) in [5.41, 5.74) is 0. The smallest absolute Gasteiger partial charge is 0.243 e. The van der Waals surface area contributed by atoms with Gasteiger partial charge in [-0.15, -0.1) is 11.3 Å². The summed E-state index contributed by atoms with van der Waals surface area (Å²) in [6.45, 7) is -0.133. The summed E-state index contributed by atoms with van der Waals surface area (Å²) in [6.07, 6.45) is -0.580. The van der Waals surface area contributed by atoms with Gasteiger partial charge in [-0.2, -0.15) is 0 Å². The van der Waals surface area contributed by atoms with Gasteiger partial charge in [0.2, 0.25) is 10.0 Å². The van der Waals surface area contributed by atoms with Crippen LogP contribution in [-0.2, 0) is 14.8 Å². The van der Waals surface area contributed by atoms with Crippen LogP contribution in [0.4, 0.5) is 8.78 Å². The molecule has 1 heterocycles. The molecule has 2 rings (SSSR count). The van der Waals surface area contributed by atoms with Crippen LogP contribution in [0.2, 0.25) is 4.34 Å². The fourth-order valence-corrected chi connectivity index (χ4v) is 4.01. The van der Waals surface area contributed by atoms with E-state index < -0.39 is 32.7 Å². The first kappa shape index (κ1) is 17.3. The molecule has 2 aromatic rings. The highest BCUT2D eigenvalue weighted by atomic mass is 35.5. The van der Waals surface area contributed by atoms with Crippen LogP contribution in [0.5, 0.6) is 0 Å². The summed E-state index contributed by atoms with van der Waals surface area (Å²) < 4.78 is 58.7. The van der Waals surface area contributed by atoms with E-state index in [1.807, 2.05) is 0 Å². The highest BCUT2D eigenvalue weighted by Crippen LogP contribution is 2.28. The first-order valence-corrected chi connectivity index (χ1v) is 8.74. The van der Waals surface area contributed by atoms with Gasteiger partial charge in [0.25, 0.3) is 0 Å². The van der Waals surface area contributed by atoms with E-state index >= 15 is 0 Å². The van der Waals surface area contributed by atoms with Crippen LogP contribution in [-0.4, -0.2) is 22.1 Å². The van der Waals surface area contributed by atoms with Gasteiger partial charge in [-0.05, 0) is 30.3 Å². The van der Waals surface area contributed by atoms with Gasteiger partial charge in [0.05, 0.1) is 4.34 Å². The second-order valence-corrected chi connectivity index (χ2v) is 7.77. The van der Waals surface area contributed by atoms with Crippen molar-refractivity contribution in [1.82, 2.24) is 4.72 Å². The molecule has 0 aliphatic heterocycles. The van der Waals surface area contributed by atoms with Gasteiger partial charge in [-0.1, -0.05) is 11.6 Å². The molecule has 9 heteroatoms. The van der Waals surface area contributed by atoms with E-state index in [0.717, 1.165) is 17.0 Å². The zero-order valence-corrected chi connectivity index (χ0v) is 13.7. The minimum absolute atomic E-state index is 0.133. The Bertz CT molecular complexity index is 764. The molecule has 0 radical (unpaired) electrons. The Morgan fingerprint density at radius 2 is 2.05 bits per heavy atom. The average Bonchev–Trinajstić information content (AvgIpc) is 2.88. The summed E-state index contributed by atoms with van der Waals surface area (Å²) in [6, 6.07) is 5.60. The van der Waals surface area contributed by atoms with E-state index in [4.69, 9.17) is 16.3 Å². The molecule has 0 fully saturated rings. The number of nitrogens with one attached hydrogen (secondary N) is 1. The lowest BCUT2D eigenvalue weighted by atomic mass is 10.3. The summed E-state index contributed by atoms with van der Waals surface area (Å²) in [4.78, 5) is -0.0264. The van der Waals surface area contributed by atoms with Crippen molar-refractivity contribution in [2.75, 3.05) is 13.7 Å². The summed E-state index contributed by atoms with van der Waals surface area (Å²) >= 11 is 7.06. The lowest BCUT2D eigenvalue weighted by molar-refractivity contribution is 0.110. The highest BCUT2D eigenvalue weighted by molar-refractivity contribution is 7.89. The molecule has 0 aliphatic rings. The number of ether oxygens (including phenoxy) is 1. The number of hydrogen-bond donors (Lipinski definition) is 1. The van der Waals surface area contributed by atoms with Crippen LogP contribution in [0.3, 0.4) is 0 Å². The zero-order chi connectivity index (χ0) is 16.3. The number of methoxy groups -OCH3 is 1. The predicted octanol–water partition coefficient (Wildman–Crippen LogP) is 3.35. The van der Waals surface area contributed by atoms with Crippen molar-refractivity contribution in [2.45, 2.75) is 11.0 Å². The largest absolute Gasteiger partial charge is 0.375 e. The van der Waals surface area contributed by atoms with Crippen LogP contribution in [0.25, 0.3) is 0 Å². The van der Waals surface area contributed by atoms with Gasteiger partial charge in [-0.3, -0.25) is 0 Å². The molecule has 22 heavy (non-hydrogen) atoms. The molecule has 0 amide bonds. The molecule has 0 saturated heterocycles. The number of rotatable bonds is 6. The number of hydrogen-bond acceptors (Lipinski definition) is 4. The molecule has 1 unspecified atom stereocenters. The van der Waals surface area contributed by atoms with Crippen molar-refractivity contribution in [2.24, 2.45) is 0 Å². The zero-order valence-electron chi connectivity index (χ0n) is 11.3. The SMILES string of the molecule is COC(CNS(=O)(=O)c1cc(F)ccc1F)c1ccc(Cl)s1. The minimum atomic E-state index is -4.19. The van der Waals surface area contributed by atoms with E-state index in [-0.39, 0.29) is 6.54 Å². The molecular weight excluding hydrogens is 356 g/mol. The fraction of sp³-hybridized carbons (Fsp3) is 0.231. The number of halogens is 3. The van der Waals surface area contributed by atoms with Crippen molar-refractivity contribution >= 4 is 33.0 Å². The van der Waals surface area contributed by atoms with Crippen LogP contribution in [0.15, 0.2) is 35.2 Å². The first-order chi connectivity index (χ1) is 10.3. The Balaban J connectivity index is 2.16. The Labute approximate surface area is 135 Å². The van der Waals surface area contributed by atoms with Crippen LogP contribution in [0, 0.1) is 11.6 Å². The van der Waals surface area contributed by atoms with E-state index in [2.05, 4.69) is 4.72 Å². The summed E-state index contributed by atoms with van der Waals surface area (Å²) in [7, 11) is -2.78. The molecule has 120 valence electrons. The Morgan fingerprint density at radius 3 is 2.64 bits per heavy atom. The number of thiophene rings is 1. The van der Waals surface area contributed by atoms with Gasteiger partial charge in [0.15, 0.2) is 0 Å². The van der Waals surface area contributed by atoms with Gasteiger partial charge in [-0.25, -0.2) is 21.9 Å². The molecule has 1 aromatic heterocycles. The maximum atomic E-state index is 13.6. The first-order valence-electron chi connectivity index (χ1n) is 6.06. The van der Waals surface area contributed by atoms with Crippen molar-refractivity contribution in [3.05, 3.63) is 51.2 Å². The standard InChI is InChI=1S/C13H12ClF2NO3S2/c1-20-10(11-4-5-13(14)21-11)7-17-22(18,19)12-6-8(15)2-3-9(12)16/h2-6,10,17H,7H2,1H3. The molecule has 0 aliphatic carbocycles. The fourth-order valence-electron chi connectivity index (χ4n) is 1.75. The predicted molar refractivity (Wildman–Crippen MR) is 80.6 cm³/mol. The van der Waals surface area contributed by atoms with Crippen molar-refractivity contribution in [3.8, 4) is 0 Å². The van der Waals surface area contributed by atoms with E-state index in [1.165, 1.54) is 18.4 Å². The molecular formula is C13H12ClF2NO3S2. The van der Waals surface area contributed by atoms with E-state index in [9.17, 15) is 17.2 Å². The normalized spacial score (nSPS) is 13.3. The maximum absolute atomic E-state index is 13.6. The van der Waals surface area contributed by atoms with Gasteiger partial charge >= 0.3 is 0 Å². The van der Waals surface area contributed by atoms with Crippen molar-refractivity contribution < 1.29 is 21.9 Å². The van der Waals surface area contributed by atoms with Crippen molar-refractivity contribution in [1.29, 1.82) is 0 Å². The highest BCUT2D eigenvalue weighted by Gasteiger charge is 2.22. The molecule has 1 atom stereocenters. The van der Waals surface area contributed by atoms with Gasteiger partial charge in [0, 0.05) is 18.5 Å². The number of sulfonamides is 1. The monoisotopic (exact) mass is 367 g/mol. The Morgan fingerprint density at radius 1 is 1.32 bits per heavy atom. The molecule has 1 aromatic carbocycles. The van der Waals surface area contributed by atoms with Crippen molar-refractivity contribution in [3.63, 3.8) is 0 Å². The third kappa shape index (κ3) is 4.02. The molecule has 0 bridgehead atoms. The second kappa shape index (κ2) is 7.01. The quantitative estimate of drug-likeness (QED) is 0.851. The van der Waals surface area contributed by atoms with E-state index in [0.29, 0.717) is 10.4 Å². The molecule has 4 nitrogen and oxygen atoms in total. The summed E-state index contributed by atoms with van der Waals surface area (Å²) in [5, 5.41) is 0. The molecule has 1 N–H and O–H groups in total. The average molecular weight is 368 g/mol. The number of benzene rings is 1. The third-order valence-corrected chi connectivity index (χ3v) is 5.60. The second-order valence-electron chi connectivity index (χ2n) is 4.29. The lowest BCUT2D eigenvalue weighted by Gasteiger charge is -2.15. The minimum Gasteiger partial charge on any atom is -0.375 e. The maximum Gasteiger partial charge on any atom is 0.243 e. The topological polar surface area (TPSA) is 55.4 Å². The summed E-state index contributed by atoms with van der Waals surface area (Å²) in [5.74, 6) is -1.86. The van der Waals surface area contributed by atoms with Gasteiger partial charge in [0.1, 0.15) is 22.6 Å². The Kier molecular flexibility index (Phi) is 5.51. The Hall–Kier alpha value is -1.06. The molecule has 0 spiro atoms. The molecule has 0 saturated carbocycles. The van der Waals surface area contributed by atoms with E-state index in [1.54, 1.807) is 12.1 Å². The van der Waals surface area contributed by atoms with Crippen LogP contribution in [0.1, 0.15) is 11.0 Å².